The second-order valence-corrected chi connectivity index (χ2v) is 7.78. The number of hydrogen-bond donors (Lipinski definition) is 1. The van der Waals surface area contributed by atoms with Gasteiger partial charge in [0, 0.05) is 24.2 Å². The Hall–Kier alpha value is -0.430. The summed E-state index contributed by atoms with van der Waals surface area (Å²) < 4.78 is 33.1. The predicted molar refractivity (Wildman–Crippen MR) is 84.3 cm³/mol. The molecule has 1 rings (SSSR count). The fourth-order valence-electron chi connectivity index (χ4n) is 1.64. The van der Waals surface area contributed by atoms with Crippen molar-refractivity contribution in [3.05, 3.63) is 28.2 Å². The molecular weight excluding hydrogens is 342 g/mol. The SMILES string of the molecule is Cc1ccc(Br)cc1S(=O)(=O)NCCCOCC(C)C. The van der Waals surface area contributed by atoms with Gasteiger partial charge in [0.25, 0.3) is 0 Å². The number of halogens is 1. The van der Waals surface area contributed by atoms with Gasteiger partial charge in [0.2, 0.25) is 10.0 Å². The molecule has 20 heavy (non-hydrogen) atoms. The van der Waals surface area contributed by atoms with Crippen molar-refractivity contribution in [1.82, 2.24) is 4.72 Å². The number of hydrogen-bond acceptors (Lipinski definition) is 3. The minimum atomic E-state index is -3.45. The molecule has 1 aromatic carbocycles. The van der Waals surface area contributed by atoms with E-state index in [0.29, 0.717) is 37.0 Å². The van der Waals surface area contributed by atoms with Crippen LogP contribution in [0.4, 0.5) is 0 Å². The van der Waals surface area contributed by atoms with Gasteiger partial charge < -0.3 is 4.74 Å². The molecule has 1 aromatic rings. The van der Waals surface area contributed by atoms with E-state index in [1.165, 1.54) is 0 Å². The molecule has 0 aliphatic carbocycles. The van der Waals surface area contributed by atoms with Gasteiger partial charge in [-0.15, -0.1) is 0 Å². The first-order valence-electron chi connectivity index (χ1n) is 6.66. The number of nitrogens with one attached hydrogen (secondary N) is 1. The molecule has 0 heterocycles. The molecule has 0 atom stereocenters. The van der Waals surface area contributed by atoms with Gasteiger partial charge in [0.1, 0.15) is 0 Å². The average Bonchev–Trinajstić information content (AvgIpc) is 2.36. The van der Waals surface area contributed by atoms with Gasteiger partial charge in [0.05, 0.1) is 4.90 Å². The van der Waals surface area contributed by atoms with E-state index in [2.05, 4.69) is 34.5 Å². The lowest BCUT2D eigenvalue weighted by molar-refractivity contribution is 0.108. The number of aryl methyl sites for hydroxylation is 1. The van der Waals surface area contributed by atoms with Crippen LogP contribution < -0.4 is 4.72 Å². The summed E-state index contributed by atoms with van der Waals surface area (Å²) in [6.07, 6.45) is 0.666. The van der Waals surface area contributed by atoms with Crippen molar-refractivity contribution in [3.63, 3.8) is 0 Å². The Labute approximate surface area is 130 Å². The highest BCUT2D eigenvalue weighted by Crippen LogP contribution is 2.20. The minimum absolute atomic E-state index is 0.315. The van der Waals surface area contributed by atoms with Crippen LogP contribution >= 0.6 is 15.9 Å². The number of ether oxygens (including phenoxy) is 1. The van der Waals surface area contributed by atoms with Crippen LogP contribution in [0.15, 0.2) is 27.6 Å². The maximum absolute atomic E-state index is 12.2. The van der Waals surface area contributed by atoms with E-state index < -0.39 is 10.0 Å². The van der Waals surface area contributed by atoms with Crippen LogP contribution in [-0.2, 0) is 14.8 Å². The van der Waals surface area contributed by atoms with Gasteiger partial charge in [-0.25, -0.2) is 13.1 Å². The molecule has 0 amide bonds. The zero-order valence-corrected chi connectivity index (χ0v) is 14.6. The highest BCUT2D eigenvalue weighted by molar-refractivity contribution is 9.10. The second kappa shape index (κ2) is 8.12. The summed E-state index contributed by atoms with van der Waals surface area (Å²) >= 11 is 3.29. The lowest BCUT2D eigenvalue weighted by atomic mass is 10.2. The van der Waals surface area contributed by atoms with Crippen molar-refractivity contribution in [1.29, 1.82) is 0 Å². The molecule has 0 radical (unpaired) electrons. The highest BCUT2D eigenvalue weighted by atomic mass is 79.9. The van der Waals surface area contributed by atoms with Crippen LogP contribution in [0.5, 0.6) is 0 Å². The average molecular weight is 364 g/mol. The van der Waals surface area contributed by atoms with Gasteiger partial charge in [-0.05, 0) is 37.0 Å². The summed E-state index contributed by atoms with van der Waals surface area (Å²) in [5.74, 6) is 0.496. The highest BCUT2D eigenvalue weighted by Gasteiger charge is 2.16. The third-order valence-electron chi connectivity index (χ3n) is 2.65. The standard InChI is InChI=1S/C14H22BrNO3S/c1-11(2)10-19-8-4-7-16-20(17,18)14-9-13(15)6-5-12(14)3/h5-6,9,11,16H,4,7-8,10H2,1-3H3. The van der Waals surface area contributed by atoms with Gasteiger partial charge in [-0.1, -0.05) is 35.8 Å². The molecule has 114 valence electrons. The smallest absolute Gasteiger partial charge is 0.240 e. The lowest BCUT2D eigenvalue weighted by Gasteiger charge is -2.10. The predicted octanol–water partition coefficient (Wildman–Crippen LogP) is 3.10. The summed E-state index contributed by atoms with van der Waals surface area (Å²) in [4.78, 5) is 0.315. The fraction of sp³-hybridized carbons (Fsp3) is 0.571. The summed E-state index contributed by atoms with van der Waals surface area (Å²) in [7, 11) is -3.45. The summed E-state index contributed by atoms with van der Waals surface area (Å²) in [6, 6.07) is 5.23. The van der Waals surface area contributed by atoms with E-state index in [-0.39, 0.29) is 0 Å². The van der Waals surface area contributed by atoms with Crippen LogP contribution in [-0.4, -0.2) is 28.2 Å². The quantitative estimate of drug-likeness (QED) is 0.722. The summed E-state index contributed by atoms with van der Waals surface area (Å²) in [5, 5.41) is 0. The summed E-state index contributed by atoms with van der Waals surface area (Å²) in [5.41, 5.74) is 0.733. The third kappa shape index (κ3) is 5.91. The molecule has 4 nitrogen and oxygen atoms in total. The largest absolute Gasteiger partial charge is 0.381 e. The second-order valence-electron chi connectivity index (χ2n) is 5.13. The first kappa shape index (κ1) is 17.6. The first-order chi connectivity index (χ1) is 9.33. The Morgan fingerprint density at radius 1 is 1.35 bits per heavy atom. The van der Waals surface area contributed by atoms with Crippen molar-refractivity contribution in [2.45, 2.75) is 32.1 Å². The topological polar surface area (TPSA) is 55.4 Å². The molecule has 0 saturated carbocycles. The van der Waals surface area contributed by atoms with E-state index in [4.69, 9.17) is 4.74 Å². The maximum atomic E-state index is 12.2. The molecule has 1 N–H and O–H groups in total. The van der Waals surface area contributed by atoms with E-state index in [1.807, 2.05) is 6.07 Å². The summed E-state index contributed by atoms with van der Waals surface area (Å²) in [6.45, 7) is 7.60. The third-order valence-corrected chi connectivity index (χ3v) is 4.74. The molecule has 0 aromatic heterocycles. The maximum Gasteiger partial charge on any atom is 0.240 e. The van der Waals surface area contributed by atoms with Gasteiger partial charge in [-0.2, -0.15) is 0 Å². The van der Waals surface area contributed by atoms with Crippen molar-refractivity contribution >= 4 is 26.0 Å². The van der Waals surface area contributed by atoms with Crippen LogP contribution in [0, 0.1) is 12.8 Å². The molecule has 0 spiro atoms. The molecule has 0 bridgehead atoms. The van der Waals surface area contributed by atoms with E-state index in [9.17, 15) is 8.42 Å². The number of rotatable bonds is 8. The van der Waals surface area contributed by atoms with Crippen molar-refractivity contribution in [2.75, 3.05) is 19.8 Å². The fourth-order valence-corrected chi connectivity index (χ4v) is 3.50. The minimum Gasteiger partial charge on any atom is -0.381 e. The zero-order chi connectivity index (χ0) is 15.2. The van der Waals surface area contributed by atoms with Crippen LogP contribution in [0.1, 0.15) is 25.8 Å². The zero-order valence-electron chi connectivity index (χ0n) is 12.1. The molecule has 0 saturated heterocycles. The monoisotopic (exact) mass is 363 g/mol. The normalized spacial score (nSPS) is 12.1. The Kier molecular flexibility index (Phi) is 7.15. The van der Waals surface area contributed by atoms with Crippen LogP contribution in [0.3, 0.4) is 0 Å². The Balaban J connectivity index is 2.48. The van der Waals surface area contributed by atoms with Crippen molar-refractivity contribution in [2.24, 2.45) is 5.92 Å². The van der Waals surface area contributed by atoms with E-state index in [1.54, 1.807) is 19.1 Å². The van der Waals surface area contributed by atoms with Crippen molar-refractivity contribution in [3.8, 4) is 0 Å². The van der Waals surface area contributed by atoms with Gasteiger partial charge >= 0.3 is 0 Å². The van der Waals surface area contributed by atoms with E-state index >= 15 is 0 Å². The molecular formula is C14H22BrNO3S. The number of benzene rings is 1. The molecule has 0 aliphatic heterocycles. The lowest BCUT2D eigenvalue weighted by Crippen LogP contribution is -2.26. The van der Waals surface area contributed by atoms with Crippen LogP contribution in [0.2, 0.25) is 0 Å². The Morgan fingerprint density at radius 3 is 2.70 bits per heavy atom. The molecule has 0 unspecified atom stereocenters. The molecule has 0 fully saturated rings. The Morgan fingerprint density at radius 2 is 2.05 bits per heavy atom. The Bertz CT molecular complexity index is 529. The van der Waals surface area contributed by atoms with Crippen molar-refractivity contribution < 1.29 is 13.2 Å². The van der Waals surface area contributed by atoms with Crippen LogP contribution in [0.25, 0.3) is 0 Å². The molecule has 0 aliphatic rings. The van der Waals surface area contributed by atoms with E-state index in [0.717, 1.165) is 10.0 Å². The first-order valence-corrected chi connectivity index (χ1v) is 8.94. The van der Waals surface area contributed by atoms with Gasteiger partial charge in [-0.3, -0.25) is 0 Å². The molecule has 6 heteroatoms. The van der Waals surface area contributed by atoms with Gasteiger partial charge in [0.15, 0.2) is 0 Å². The number of sulfonamides is 1.